The molecule has 1 aromatic rings. The van der Waals surface area contributed by atoms with Crippen molar-refractivity contribution in [2.75, 3.05) is 6.54 Å². The van der Waals surface area contributed by atoms with Crippen molar-refractivity contribution in [3.05, 3.63) is 29.8 Å². The van der Waals surface area contributed by atoms with E-state index in [-0.39, 0.29) is 6.04 Å². The molecule has 0 amide bonds. The van der Waals surface area contributed by atoms with Crippen molar-refractivity contribution in [2.24, 2.45) is 10.7 Å². The lowest BCUT2D eigenvalue weighted by molar-refractivity contribution is 0.237. The van der Waals surface area contributed by atoms with Crippen molar-refractivity contribution < 1.29 is 5.11 Å². The van der Waals surface area contributed by atoms with E-state index in [9.17, 15) is 5.11 Å². The van der Waals surface area contributed by atoms with Gasteiger partial charge in [-0.15, -0.1) is 0 Å². The molecule has 1 saturated carbocycles. The second-order valence-corrected chi connectivity index (χ2v) is 5.86. The van der Waals surface area contributed by atoms with E-state index < -0.39 is 0 Å². The van der Waals surface area contributed by atoms with Gasteiger partial charge in [-0.2, -0.15) is 0 Å². The van der Waals surface area contributed by atoms with E-state index in [1.54, 1.807) is 12.1 Å². The van der Waals surface area contributed by atoms with Gasteiger partial charge < -0.3 is 15.7 Å². The van der Waals surface area contributed by atoms with Crippen LogP contribution < -0.4 is 5.73 Å². The van der Waals surface area contributed by atoms with Gasteiger partial charge in [0.25, 0.3) is 0 Å². The standard InChI is InChI=1S/C16H23N3O/c17-16-18-11-15(12-7-9-14(20)10-8-12)19(16)13-5-3-1-2-4-6-13/h7-10,13,15,20H,1-6,11H2,(H2,17,18). The normalized spacial score (nSPS) is 24.5. The minimum atomic E-state index is 0.235. The Kier molecular flexibility index (Phi) is 3.81. The Labute approximate surface area is 120 Å². The zero-order valence-corrected chi connectivity index (χ0v) is 11.8. The topological polar surface area (TPSA) is 61.9 Å². The Balaban J connectivity index is 1.81. The molecule has 1 fully saturated rings. The Morgan fingerprint density at radius 3 is 2.35 bits per heavy atom. The first kappa shape index (κ1) is 13.3. The van der Waals surface area contributed by atoms with Crippen LogP contribution in [0.2, 0.25) is 0 Å². The van der Waals surface area contributed by atoms with Crippen LogP contribution in [0.25, 0.3) is 0 Å². The van der Waals surface area contributed by atoms with Gasteiger partial charge >= 0.3 is 0 Å². The number of rotatable bonds is 2. The van der Waals surface area contributed by atoms with Gasteiger partial charge in [-0.1, -0.05) is 37.8 Å². The summed E-state index contributed by atoms with van der Waals surface area (Å²) in [5.41, 5.74) is 7.34. The molecule has 0 bridgehead atoms. The highest BCUT2D eigenvalue weighted by atomic mass is 16.3. The highest BCUT2D eigenvalue weighted by Crippen LogP contribution is 2.33. The predicted molar refractivity (Wildman–Crippen MR) is 80.7 cm³/mol. The second kappa shape index (κ2) is 5.73. The zero-order valence-electron chi connectivity index (χ0n) is 11.8. The van der Waals surface area contributed by atoms with E-state index in [1.807, 2.05) is 12.1 Å². The van der Waals surface area contributed by atoms with Crippen LogP contribution in [-0.2, 0) is 0 Å². The molecule has 2 aliphatic rings. The van der Waals surface area contributed by atoms with Gasteiger partial charge in [0.1, 0.15) is 5.75 Å². The third-order valence-corrected chi connectivity index (χ3v) is 4.52. The summed E-state index contributed by atoms with van der Waals surface area (Å²) >= 11 is 0. The van der Waals surface area contributed by atoms with Crippen molar-refractivity contribution in [3.63, 3.8) is 0 Å². The van der Waals surface area contributed by atoms with Crippen LogP contribution in [0.1, 0.15) is 50.1 Å². The van der Waals surface area contributed by atoms with E-state index in [0.29, 0.717) is 17.8 Å². The number of hydrogen-bond acceptors (Lipinski definition) is 4. The summed E-state index contributed by atoms with van der Waals surface area (Å²) in [7, 11) is 0. The molecule has 108 valence electrons. The number of benzene rings is 1. The van der Waals surface area contributed by atoms with Crippen molar-refractivity contribution in [1.82, 2.24) is 4.90 Å². The Bertz CT molecular complexity index is 475. The van der Waals surface area contributed by atoms with Gasteiger partial charge in [0.15, 0.2) is 5.96 Å². The number of nitrogens with two attached hydrogens (primary N) is 1. The predicted octanol–water partition coefficient (Wildman–Crippen LogP) is 2.79. The molecule has 3 N–H and O–H groups in total. The quantitative estimate of drug-likeness (QED) is 0.814. The van der Waals surface area contributed by atoms with Crippen LogP contribution in [0.5, 0.6) is 5.75 Å². The summed E-state index contributed by atoms with van der Waals surface area (Å²) in [5.74, 6) is 0.997. The van der Waals surface area contributed by atoms with Crippen LogP contribution in [0, 0.1) is 0 Å². The molecule has 0 radical (unpaired) electrons. The average molecular weight is 273 g/mol. The maximum absolute atomic E-state index is 9.44. The number of guanidine groups is 1. The molecular weight excluding hydrogens is 250 g/mol. The monoisotopic (exact) mass is 273 g/mol. The van der Waals surface area contributed by atoms with Crippen molar-refractivity contribution >= 4 is 5.96 Å². The first-order valence-corrected chi connectivity index (χ1v) is 7.63. The molecule has 0 saturated heterocycles. The van der Waals surface area contributed by atoms with Crippen LogP contribution in [0.15, 0.2) is 29.3 Å². The fourth-order valence-electron chi connectivity index (χ4n) is 3.45. The summed E-state index contributed by atoms with van der Waals surface area (Å²) in [6.07, 6.45) is 7.68. The molecule has 1 aromatic carbocycles. The number of phenols is 1. The fourth-order valence-corrected chi connectivity index (χ4v) is 3.45. The molecular formula is C16H23N3O. The lowest BCUT2D eigenvalue weighted by Gasteiger charge is -2.34. The van der Waals surface area contributed by atoms with Gasteiger partial charge in [0, 0.05) is 6.04 Å². The molecule has 4 nitrogen and oxygen atoms in total. The van der Waals surface area contributed by atoms with E-state index in [2.05, 4.69) is 9.89 Å². The number of aromatic hydroxyl groups is 1. The molecule has 3 rings (SSSR count). The Morgan fingerprint density at radius 2 is 1.70 bits per heavy atom. The maximum Gasteiger partial charge on any atom is 0.192 e. The van der Waals surface area contributed by atoms with Gasteiger partial charge in [-0.3, -0.25) is 4.99 Å². The highest BCUT2D eigenvalue weighted by molar-refractivity contribution is 5.80. The smallest absolute Gasteiger partial charge is 0.192 e. The van der Waals surface area contributed by atoms with Crippen LogP contribution in [0.4, 0.5) is 0 Å². The SMILES string of the molecule is NC1=NCC(c2ccc(O)cc2)N1C1CCCCCC1. The fraction of sp³-hybridized carbons (Fsp3) is 0.562. The minimum absolute atomic E-state index is 0.235. The largest absolute Gasteiger partial charge is 0.508 e. The van der Waals surface area contributed by atoms with Crippen LogP contribution in [-0.4, -0.2) is 28.6 Å². The number of aliphatic imine (C=N–C) groups is 1. The molecule has 1 aliphatic heterocycles. The van der Waals surface area contributed by atoms with E-state index >= 15 is 0 Å². The summed E-state index contributed by atoms with van der Waals surface area (Å²) in [4.78, 5) is 6.78. The Hall–Kier alpha value is -1.71. The summed E-state index contributed by atoms with van der Waals surface area (Å²) < 4.78 is 0. The number of nitrogens with zero attached hydrogens (tertiary/aromatic N) is 2. The third kappa shape index (κ3) is 2.60. The molecule has 4 heteroatoms. The molecule has 1 atom stereocenters. The van der Waals surface area contributed by atoms with E-state index in [1.165, 1.54) is 44.1 Å². The third-order valence-electron chi connectivity index (χ3n) is 4.52. The Morgan fingerprint density at radius 1 is 1.05 bits per heavy atom. The number of hydrogen-bond donors (Lipinski definition) is 2. The minimum Gasteiger partial charge on any atom is -0.508 e. The van der Waals surface area contributed by atoms with E-state index in [0.717, 1.165) is 6.54 Å². The van der Waals surface area contributed by atoms with Crippen molar-refractivity contribution in [3.8, 4) is 5.75 Å². The summed E-state index contributed by atoms with van der Waals surface area (Å²) in [6, 6.07) is 8.21. The van der Waals surface area contributed by atoms with E-state index in [4.69, 9.17) is 5.73 Å². The molecule has 1 aliphatic carbocycles. The van der Waals surface area contributed by atoms with Crippen LogP contribution in [0.3, 0.4) is 0 Å². The second-order valence-electron chi connectivity index (χ2n) is 5.86. The lowest BCUT2D eigenvalue weighted by atomic mass is 10.0. The van der Waals surface area contributed by atoms with Gasteiger partial charge in [-0.05, 0) is 30.5 Å². The molecule has 0 aromatic heterocycles. The van der Waals surface area contributed by atoms with Crippen molar-refractivity contribution in [1.29, 1.82) is 0 Å². The first-order chi connectivity index (χ1) is 9.75. The van der Waals surface area contributed by atoms with Gasteiger partial charge in [-0.25, -0.2) is 0 Å². The molecule has 1 heterocycles. The molecule has 20 heavy (non-hydrogen) atoms. The highest BCUT2D eigenvalue weighted by Gasteiger charge is 2.33. The lowest BCUT2D eigenvalue weighted by Crippen LogP contribution is -2.43. The average Bonchev–Trinajstić information content (AvgIpc) is 2.67. The number of phenolic OH excluding ortho intramolecular Hbond substituents is 1. The van der Waals surface area contributed by atoms with Gasteiger partial charge in [0.2, 0.25) is 0 Å². The molecule has 1 unspecified atom stereocenters. The van der Waals surface area contributed by atoms with Crippen LogP contribution >= 0.6 is 0 Å². The van der Waals surface area contributed by atoms with Gasteiger partial charge in [0.05, 0.1) is 12.6 Å². The maximum atomic E-state index is 9.44. The van der Waals surface area contributed by atoms with Crippen molar-refractivity contribution in [2.45, 2.75) is 50.6 Å². The first-order valence-electron chi connectivity index (χ1n) is 7.63. The summed E-state index contributed by atoms with van der Waals surface area (Å²) in [5, 5.41) is 9.44. The summed E-state index contributed by atoms with van der Waals surface area (Å²) in [6.45, 7) is 0.729. The zero-order chi connectivity index (χ0) is 13.9. The molecule has 0 spiro atoms.